The standard InChI is InChI=1S/C16H21FN4O3S3/c1-11(2)25-16-20-19-15(26-16)18-14(22)5-4-10-21(27(3,23)24)13-8-6-12(17)7-9-13/h6-9,11H,4-5,10H2,1-3H3,(H,18,19,22). The first-order valence-corrected chi connectivity index (χ1v) is 11.7. The summed E-state index contributed by atoms with van der Waals surface area (Å²) in [6.45, 7) is 4.19. The van der Waals surface area contributed by atoms with E-state index in [-0.39, 0.29) is 18.9 Å². The molecule has 0 atom stereocenters. The van der Waals surface area contributed by atoms with Crippen molar-refractivity contribution in [3.05, 3.63) is 30.1 Å². The Kier molecular flexibility index (Phi) is 7.57. The number of rotatable bonds is 9. The number of carbonyl (C=O) groups excluding carboxylic acids is 1. The van der Waals surface area contributed by atoms with Crippen LogP contribution in [0.15, 0.2) is 28.6 Å². The van der Waals surface area contributed by atoms with Crippen LogP contribution in [0.2, 0.25) is 0 Å². The van der Waals surface area contributed by atoms with Gasteiger partial charge in [-0.1, -0.05) is 36.9 Å². The summed E-state index contributed by atoms with van der Waals surface area (Å²) >= 11 is 2.86. The topological polar surface area (TPSA) is 92.3 Å². The highest BCUT2D eigenvalue weighted by molar-refractivity contribution is 8.01. The number of amides is 1. The highest BCUT2D eigenvalue weighted by Gasteiger charge is 2.18. The van der Waals surface area contributed by atoms with Crippen LogP contribution in [0.25, 0.3) is 0 Å². The number of hydrogen-bond acceptors (Lipinski definition) is 7. The molecule has 0 fully saturated rings. The first-order valence-electron chi connectivity index (χ1n) is 8.18. The molecular formula is C16H21FN4O3S3. The molecule has 0 bridgehead atoms. The fraction of sp³-hybridized carbons (Fsp3) is 0.438. The average molecular weight is 433 g/mol. The van der Waals surface area contributed by atoms with Gasteiger partial charge in [-0.05, 0) is 30.7 Å². The van der Waals surface area contributed by atoms with Gasteiger partial charge < -0.3 is 5.32 Å². The maximum absolute atomic E-state index is 13.1. The molecule has 0 unspecified atom stereocenters. The number of carbonyl (C=O) groups is 1. The van der Waals surface area contributed by atoms with Crippen molar-refractivity contribution in [1.82, 2.24) is 10.2 Å². The lowest BCUT2D eigenvalue weighted by molar-refractivity contribution is -0.116. The first-order chi connectivity index (χ1) is 12.6. The molecule has 1 heterocycles. The molecule has 11 heteroatoms. The molecule has 27 heavy (non-hydrogen) atoms. The predicted molar refractivity (Wildman–Crippen MR) is 107 cm³/mol. The quantitative estimate of drug-likeness (QED) is 0.482. The molecule has 1 aromatic carbocycles. The van der Waals surface area contributed by atoms with Gasteiger partial charge >= 0.3 is 0 Å². The predicted octanol–water partition coefficient (Wildman–Crippen LogP) is 3.36. The Morgan fingerprint density at radius 3 is 2.56 bits per heavy atom. The van der Waals surface area contributed by atoms with E-state index in [9.17, 15) is 17.6 Å². The molecule has 0 aliphatic carbocycles. The minimum atomic E-state index is -3.54. The minimum Gasteiger partial charge on any atom is -0.301 e. The van der Waals surface area contributed by atoms with Gasteiger partial charge in [-0.2, -0.15) is 0 Å². The minimum absolute atomic E-state index is 0.114. The fourth-order valence-electron chi connectivity index (χ4n) is 2.17. The Balaban J connectivity index is 1.89. The second kappa shape index (κ2) is 9.47. The van der Waals surface area contributed by atoms with E-state index in [4.69, 9.17) is 0 Å². The van der Waals surface area contributed by atoms with Crippen molar-refractivity contribution in [3.8, 4) is 0 Å². The molecule has 2 aromatic rings. The molecule has 148 valence electrons. The Morgan fingerprint density at radius 2 is 1.96 bits per heavy atom. The number of sulfonamides is 1. The zero-order valence-corrected chi connectivity index (χ0v) is 17.6. The Hall–Kier alpha value is -1.72. The maximum Gasteiger partial charge on any atom is 0.232 e. The summed E-state index contributed by atoms with van der Waals surface area (Å²) < 4.78 is 39.0. The van der Waals surface area contributed by atoms with Crippen LogP contribution in [-0.4, -0.2) is 42.6 Å². The summed E-state index contributed by atoms with van der Waals surface area (Å²) in [5, 5.41) is 11.4. The van der Waals surface area contributed by atoms with Crippen molar-refractivity contribution in [2.24, 2.45) is 0 Å². The highest BCUT2D eigenvalue weighted by atomic mass is 32.2. The molecule has 0 aliphatic heterocycles. The third-order valence-corrected chi connectivity index (χ3v) is 6.39. The summed E-state index contributed by atoms with van der Waals surface area (Å²) in [7, 11) is -3.54. The second-order valence-corrected chi connectivity index (χ2v) is 10.7. The van der Waals surface area contributed by atoms with Crippen molar-refractivity contribution in [2.75, 3.05) is 22.4 Å². The van der Waals surface area contributed by atoms with E-state index in [1.54, 1.807) is 11.8 Å². The summed E-state index contributed by atoms with van der Waals surface area (Å²) in [4.78, 5) is 12.1. The van der Waals surface area contributed by atoms with Crippen LogP contribution in [0.1, 0.15) is 26.7 Å². The highest BCUT2D eigenvalue weighted by Crippen LogP contribution is 2.28. The van der Waals surface area contributed by atoms with Gasteiger partial charge in [0.05, 0.1) is 11.9 Å². The normalized spacial score (nSPS) is 11.6. The molecule has 0 radical (unpaired) electrons. The third kappa shape index (κ3) is 7.07. The van der Waals surface area contributed by atoms with E-state index < -0.39 is 15.8 Å². The zero-order valence-electron chi connectivity index (χ0n) is 15.2. The molecule has 7 nitrogen and oxygen atoms in total. The van der Waals surface area contributed by atoms with E-state index in [1.165, 1.54) is 35.6 Å². The molecule has 0 aliphatic rings. The zero-order chi connectivity index (χ0) is 20.0. The molecule has 1 amide bonds. The molecule has 0 saturated heterocycles. The maximum atomic E-state index is 13.1. The van der Waals surface area contributed by atoms with Crippen molar-refractivity contribution < 1.29 is 17.6 Å². The van der Waals surface area contributed by atoms with Gasteiger partial charge in [0.25, 0.3) is 0 Å². The number of hydrogen-bond donors (Lipinski definition) is 1. The molecule has 2 rings (SSSR count). The van der Waals surface area contributed by atoms with Crippen LogP contribution < -0.4 is 9.62 Å². The first kappa shape index (κ1) is 21.6. The van der Waals surface area contributed by atoms with E-state index >= 15 is 0 Å². The number of anilines is 2. The number of nitrogens with zero attached hydrogens (tertiary/aromatic N) is 3. The lowest BCUT2D eigenvalue weighted by atomic mass is 10.2. The van der Waals surface area contributed by atoms with E-state index in [0.29, 0.717) is 22.5 Å². The number of aromatic nitrogens is 2. The molecule has 0 spiro atoms. The van der Waals surface area contributed by atoms with Crippen LogP contribution in [-0.2, 0) is 14.8 Å². The smallest absolute Gasteiger partial charge is 0.232 e. The van der Waals surface area contributed by atoms with Gasteiger partial charge in [0.2, 0.25) is 21.1 Å². The third-order valence-electron chi connectivity index (χ3n) is 3.27. The Labute approximate surface area is 166 Å². The van der Waals surface area contributed by atoms with Crippen molar-refractivity contribution in [2.45, 2.75) is 36.3 Å². The lowest BCUT2D eigenvalue weighted by Crippen LogP contribution is -2.31. The van der Waals surface area contributed by atoms with Crippen molar-refractivity contribution in [1.29, 1.82) is 0 Å². The van der Waals surface area contributed by atoms with Gasteiger partial charge in [-0.3, -0.25) is 9.10 Å². The van der Waals surface area contributed by atoms with Crippen LogP contribution in [0.4, 0.5) is 15.2 Å². The van der Waals surface area contributed by atoms with Gasteiger partial charge in [0.1, 0.15) is 5.82 Å². The van der Waals surface area contributed by atoms with Crippen LogP contribution in [0, 0.1) is 5.82 Å². The van der Waals surface area contributed by atoms with E-state index in [2.05, 4.69) is 15.5 Å². The molecule has 0 saturated carbocycles. The SMILES string of the molecule is CC(C)Sc1nnc(NC(=O)CCCN(c2ccc(F)cc2)S(C)(=O)=O)s1. The van der Waals surface area contributed by atoms with Crippen LogP contribution in [0.5, 0.6) is 0 Å². The van der Waals surface area contributed by atoms with Crippen LogP contribution >= 0.6 is 23.1 Å². The van der Waals surface area contributed by atoms with Crippen LogP contribution in [0.3, 0.4) is 0 Å². The number of benzene rings is 1. The number of nitrogens with one attached hydrogen (secondary N) is 1. The summed E-state index contributed by atoms with van der Waals surface area (Å²) in [5.74, 6) is -0.710. The lowest BCUT2D eigenvalue weighted by Gasteiger charge is -2.22. The van der Waals surface area contributed by atoms with Crippen molar-refractivity contribution in [3.63, 3.8) is 0 Å². The monoisotopic (exact) mass is 432 g/mol. The fourth-order valence-corrected chi connectivity index (χ4v) is 5.13. The number of thioether (sulfide) groups is 1. The molecular weight excluding hydrogens is 411 g/mol. The Bertz CT molecular complexity index is 869. The molecule has 1 N–H and O–H groups in total. The molecule has 1 aromatic heterocycles. The van der Waals surface area contributed by atoms with Gasteiger partial charge in [0, 0.05) is 18.2 Å². The summed E-state index contributed by atoms with van der Waals surface area (Å²) in [5.41, 5.74) is 0.360. The van der Waals surface area contributed by atoms with E-state index in [0.717, 1.165) is 14.9 Å². The largest absolute Gasteiger partial charge is 0.301 e. The summed E-state index contributed by atoms with van der Waals surface area (Å²) in [6, 6.07) is 5.18. The Morgan fingerprint density at radius 1 is 1.30 bits per heavy atom. The van der Waals surface area contributed by atoms with E-state index in [1.807, 2.05) is 13.8 Å². The van der Waals surface area contributed by atoms with Gasteiger partial charge in [-0.15, -0.1) is 10.2 Å². The van der Waals surface area contributed by atoms with Gasteiger partial charge in [0.15, 0.2) is 4.34 Å². The summed E-state index contributed by atoms with van der Waals surface area (Å²) in [6.07, 6.45) is 1.51. The van der Waals surface area contributed by atoms with Crippen molar-refractivity contribution >= 4 is 49.8 Å². The average Bonchev–Trinajstić information content (AvgIpc) is 2.97. The van der Waals surface area contributed by atoms with Gasteiger partial charge in [-0.25, -0.2) is 12.8 Å². The number of halogens is 1. The second-order valence-electron chi connectivity index (χ2n) is 6.00.